The second-order valence-corrected chi connectivity index (χ2v) is 7.45. The summed E-state index contributed by atoms with van der Waals surface area (Å²) in [6, 6.07) is 18.9. The number of carbonyl (C=O) groups is 1. The minimum absolute atomic E-state index is 0.108. The second-order valence-electron chi connectivity index (χ2n) is 7.45. The van der Waals surface area contributed by atoms with E-state index >= 15 is 0 Å². The van der Waals surface area contributed by atoms with Crippen molar-refractivity contribution in [1.29, 1.82) is 0 Å². The first-order valence-electron chi connectivity index (χ1n) is 10.3. The van der Waals surface area contributed by atoms with Crippen LogP contribution in [0.4, 0.5) is 10.5 Å². The molecule has 0 bridgehead atoms. The summed E-state index contributed by atoms with van der Waals surface area (Å²) in [6.07, 6.45) is 5.86. The molecule has 2 amide bonds. The topological polar surface area (TPSA) is 74.9 Å². The van der Waals surface area contributed by atoms with Gasteiger partial charge >= 0.3 is 6.03 Å². The first kappa shape index (κ1) is 19.5. The van der Waals surface area contributed by atoms with Crippen LogP contribution in [0.25, 0.3) is 5.65 Å². The average Bonchev–Trinajstić information content (AvgIpc) is 3.47. The van der Waals surface area contributed by atoms with Crippen molar-refractivity contribution in [1.82, 2.24) is 19.6 Å². The summed E-state index contributed by atoms with van der Waals surface area (Å²) in [5, 5.41) is 13.0. The van der Waals surface area contributed by atoms with Crippen molar-refractivity contribution in [2.24, 2.45) is 5.10 Å². The van der Waals surface area contributed by atoms with Crippen LogP contribution in [-0.2, 0) is 0 Å². The summed E-state index contributed by atoms with van der Waals surface area (Å²) in [4.78, 5) is 17.2. The van der Waals surface area contributed by atoms with E-state index in [1.807, 2.05) is 67.6 Å². The highest BCUT2D eigenvalue weighted by Gasteiger charge is 2.28. The number of aryl methyl sites for hydroxylation is 1. The van der Waals surface area contributed by atoms with Gasteiger partial charge in [-0.05, 0) is 48.2 Å². The van der Waals surface area contributed by atoms with Gasteiger partial charge in [0.25, 0.3) is 0 Å². The van der Waals surface area contributed by atoms with Crippen molar-refractivity contribution in [3.63, 3.8) is 0 Å². The van der Waals surface area contributed by atoms with Gasteiger partial charge in [0.2, 0.25) is 0 Å². The molecule has 5 rings (SSSR count). The summed E-state index contributed by atoms with van der Waals surface area (Å²) in [5.74, 6) is 6.31. The Kier molecular flexibility index (Phi) is 5.10. The van der Waals surface area contributed by atoms with Crippen molar-refractivity contribution in [3.05, 3.63) is 95.4 Å². The minimum atomic E-state index is -0.277. The number of anilines is 1. The molecule has 4 aromatic rings. The lowest BCUT2D eigenvalue weighted by Gasteiger charge is -2.22. The fourth-order valence-electron chi connectivity index (χ4n) is 3.62. The van der Waals surface area contributed by atoms with Crippen molar-refractivity contribution in [3.8, 4) is 11.8 Å². The van der Waals surface area contributed by atoms with Gasteiger partial charge in [-0.15, -0.1) is 0 Å². The van der Waals surface area contributed by atoms with E-state index in [-0.39, 0.29) is 12.1 Å². The molecule has 0 aliphatic carbocycles. The Morgan fingerprint density at radius 3 is 2.84 bits per heavy atom. The maximum atomic E-state index is 12.9. The molecule has 2 aromatic carbocycles. The van der Waals surface area contributed by atoms with Gasteiger partial charge in [0.05, 0.1) is 12.2 Å². The highest BCUT2D eigenvalue weighted by Crippen LogP contribution is 2.28. The number of aromatic nitrogens is 3. The monoisotopic (exact) mass is 420 g/mol. The Labute approximate surface area is 185 Å². The Morgan fingerprint density at radius 1 is 1.09 bits per heavy atom. The maximum absolute atomic E-state index is 12.9. The number of rotatable bonds is 2. The number of urea groups is 1. The molecule has 7 heteroatoms. The highest BCUT2D eigenvalue weighted by molar-refractivity contribution is 5.91. The maximum Gasteiger partial charge on any atom is 0.342 e. The van der Waals surface area contributed by atoms with Gasteiger partial charge in [-0.25, -0.2) is 19.3 Å². The first-order chi connectivity index (χ1) is 15.7. The quantitative estimate of drug-likeness (QED) is 0.489. The van der Waals surface area contributed by atoms with Crippen LogP contribution < -0.4 is 5.32 Å². The highest BCUT2D eigenvalue weighted by atomic mass is 16.2. The van der Waals surface area contributed by atoms with Crippen LogP contribution in [0.5, 0.6) is 0 Å². The second kappa shape index (κ2) is 8.36. The minimum Gasteiger partial charge on any atom is -0.306 e. The van der Waals surface area contributed by atoms with Crippen molar-refractivity contribution in [2.75, 3.05) is 5.32 Å². The largest absolute Gasteiger partial charge is 0.342 e. The normalized spacial score (nSPS) is 14.9. The number of carbonyl (C=O) groups excluding carboxylic acids is 1. The number of imidazole rings is 1. The lowest BCUT2D eigenvalue weighted by Crippen LogP contribution is -2.31. The molecule has 0 fully saturated rings. The zero-order valence-electron chi connectivity index (χ0n) is 17.4. The Morgan fingerprint density at radius 2 is 1.97 bits per heavy atom. The zero-order chi connectivity index (χ0) is 21.9. The molecule has 1 atom stereocenters. The van der Waals surface area contributed by atoms with Gasteiger partial charge in [-0.3, -0.25) is 0 Å². The molecule has 1 N–H and O–H groups in total. The number of hydrogen-bond donors (Lipinski definition) is 1. The van der Waals surface area contributed by atoms with E-state index in [2.05, 4.69) is 32.3 Å². The number of hydrazone groups is 1. The molecular weight excluding hydrogens is 400 g/mol. The Hall–Kier alpha value is -4.44. The van der Waals surface area contributed by atoms with Crippen molar-refractivity contribution < 1.29 is 4.79 Å². The Balaban J connectivity index is 1.36. The van der Waals surface area contributed by atoms with Crippen molar-refractivity contribution in [2.45, 2.75) is 19.4 Å². The van der Waals surface area contributed by atoms with Crippen LogP contribution in [0, 0.1) is 18.8 Å². The lowest BCUT2D eigenvalue weighted by atomic mass is 10.1. The number of nitrogens with zero attached hydrogens (tertiary/aromatic N) is 5. The van der Waals surface area contributed by atoms with Gasteiger partial charge in [-0.1, -0.05) is 42.3 Å². The molecule has 1 aliphatic rings. The zero-order valence-corrected chi connectivity index (χ0v) is 17.4. The number of fused-ring (bicyclic) bond motifs is 1. The fourth-order valence-corrected chi connectivity index (χ4v) is 3.62. The molecule has 0 saturated heterocycles. The average molecular weight is 420 g/mol. The summed E-state index contributed by atoms with van der Waals surface area (Å²) >= 11 is 0. The number of nitrogens with one attached hydrogen (secondary N) is 1. The predicted octanol–water partition coefficient (Wildman–Crippen LogP) is 4.40. The first-order valence-corrected chi connectivity index (χ1v) is 10.3. The molecule has 2 aromatic heterocycles. The third-order valence-electron chi connectivity index (χ3n) is 5.31. The molecule has 0 spiro atoms. The van der Waals surface area contributed by atoms with E-state index < -0.39 is 0 Å². The molecule has 0 saturated carbocycles. The van der Waals surface area contributed by atoms with E-state index in [4.69, 9.17) is 0 Å². The van der Waals surface area contributed by atoms with E-state index in [0.717, 1.165) is 22.3 Å². The van der Waals surface area contributed by atoms with Crippen LogP contribution in [0.2, 0.25) is 0 Å². The van der Waals surface area contributed by atoms with Crippen LogP contribution in [-0.4, -0.2) is 31.9 Å². The molecule has 7 nitrogen and oxygen atoms in total. The van der Waals surface area contributed by atoms with Gasteiger partial charge in [0, 0.05) is 30.1 Å². The lowest BCUT2D eigenvalue weighted by molar-refractivity contribution is 0.200. The van der Waals surface area contributed by atoms with E-state index in [1.54, 1.807) is 23.1 Å². The summed E-state index contributed by atoms with van der Waals surface area (Å²) in [6.45, 7) is 1.98. The third kappa shape index (κ3) is 3.82. The Bertz CT molecular complexity index is 1380. The number of hydrogen-bond acceptors (Lipinski definition) is 4. The third-order valence-corrected chi connectivity index (χ3v) is 5.31. The SMILES string of the molecule is Cc1ccc(NC(=O)N2N=CC[C@H]2c2ccccc2)cc1C#Cc1cnc2cccnn12. The van der Waals surface area contributed by atoms with Crippen LogP contribution in [0.15, 0.2) is 78.2 Å². The summed E-state index contributed by atoms with van der Waals surface area (Å²) in [5.41, 5.74) is 4.99. The van der Waals surface area contributed by atoms with Gasteiger partial charge < -0.3 is 5.32 Å². The molecule has 32 heavy (non-hydrogen) atoms. The van der Waals surface area contributed by atoms with Crippen LogP contribution >= 0.6 is 0 Å². The van der Waals surface area contributed by atoms with Gasteiger partial charge in [-0.2, -0.15) is 10.2 Å². The predicted molar refractivity (Wildman–Crippen MR) is 123 cm³/mol. The molecule has 3 heterocycles. The van der Waals surface area contributed by atoms with Crippen LogP contribution in [0.3, 0.4) is 0 Å². The molecule has 0 unspecified atom stereocenters. The molecule has 1 aliphatic heterocycles. The summed E-state index contributed by atoms with van der Waals surface area (Å²) in [7, 11) is 0. The molecular formula is C25H20N6O. The van der Waals surface area contributed by atoms with E-state index in [1.165, 1.54) is 5.01 Å². The van der Waals surface area contributed by atoms with Crippen molar-refractivity contribution >= 4 is 23.6 Å². The van der Waals surface area contributed by atoms with E-state index in [9.17, 15) is 4.79 Å². The van der Waals surface area contributed by atoms with Gasteiger partial charge in [0.1, 0.15) is 5.69 Å². The summed E-state index contributed by atoms with van der Waals surface area (Å²) < 4.78 is 1.70. The molecule has 0 radical (unpaired) electrons. The number of benzene rings is 2. The molecule has 156 valence electrons. The van der Waals surface area contributed by atoms with Crippen LogP contribution in [0.1, 0.15) is 34.8 Å². The number of amides is 2. The van der Waals surface area contributed by atoms with E-state index in [0.29, 0.717) is 17.8 Å². The van der Waals surface area contributed by atoms with Gasteiger partial charge in [0.15, 0.2) is 5.65 Å². The standard InChI is InChI=1S/C25H20N6O/c1-18-9-11-21(16-20(18)10-12-22-17-26-24-8-5-14-27-30(22)24)29-25(32)31-23(13-15-28-31)19-6-3-2-4-7-19/h2-9,11,14-17,23H,13H2,1H3,(H,29,32)/t23-/m0/s1. The fraction of sp³-hybridized carbons (Fsp3) is 0.120. The smallest absolute Gasteiger partial charge is 0.306 e.